The maximum absolute atomic E-state index is 11.1. The van der Waals surface area contributed by atoms with Gasteiger partial charge in [0.15, 0.2) is 0 Å². The van der Waals surface area contributed by atoms with Crippen molar-refractivity contribution in [3.05, 3.63) is 0 Å². The lowest BCUT2D eigenvalue weighted by atomic mass is 9.82. The summed E-state index contributed by atoms with van der Waals surface area (Å²) in [5.41, 5.74) is 0. The Morgan fingerprint density at radius 2 is 2.14 bits per heavy atom. The molecule has 0 heterocycles. The smallest absolute Gasteiger partial charge is 0.432 e. The minimum atomic E-state index is -0.534. The third kappa shape index (κ3) is 3.54. The minimum absolute atomic E-state index is 0.0691. The molecular weight excluding hydrogens is 182 g/mol. The predicted octanol–water partition coefficient (Wildman–Crippen LogP) is 1.55. The van der Waals surface area contributed by atoms with Crippen LogP contribution in [0.3, 0.4) is 0 Å². The molecule has 0 aliphatic heterocycles. The summed E-state index contributed by atoms with van der Waals surface area (Å²) in [6, 6.07) is 0. The van der Waals surface area contributed by atoms with E-state index in [1.807, 2.05) is 20.9 Å². The number of carbonyl (C=O) groups is 1. The third-order valence-corrected chi connectivity index (χ3v) is 2.28. The van der Waals surface area contributed by atoms with Crippen LogP contribution < -0.4 is 5.32 Å². The summed E-state index contributed by atoms with van der Waals surface area (Å²) >= 11 is 0. The van der Waals surface area contributed by atoms with Crippen LogP contribution in [0.1, 0.15) is 26.7 Å². The molecule has 0 aromatic carbocycles. The molecule has 0 unspecified atom stereocenters. The van der Waals surface area contributed by atoms with Crippen molar-refractivity contribution in [2.75, 3.05) is 13.6 Å². The first kappa shape index (κ1) is 11.3. The van der Waals surface area contributed by atoms with E-state index in [0.717, 1.165) is 19.4 Å². The Morgan fingerprint density at radius 3 is 2.64 bits per heavy atom. The van der Waals surface area contributed by atoms with Crippen molar-refractivity contribution in [1.82, 2.24) is 5.32 Å². The van der Waals surface area contributed by atoms with Crippen molar-refractivity contribution >= 4 is 6.16 Å². The van der Waals surface area contributed by atoms with E-state index in [4.69, 9.17) is 9.47 Å². The number of hydrogen-bond donors (Lipinski definition) is 1. The van der Waals surface area contributed by atoms with Gasteiger partial charge < -0.3 is 14.8 Å². The molecule has 0 saturated heterocycles. The molecule has 0 atom stereocenters. The van der Waals surface area contributed by atoms with Crippen molar-refractivity contribution in [2.24, 2.45) is 5.92 Å². The molecule has 4 nitrogen and oxygen atoms in total. The number of nitrogens with one attached hydrogen (secondary N) is 1. The van der Waals surface area contributed by atoms with E-state index < -0.39 is 6.16 Å². The Bertz CT molecular complexity index is 188. The maximum Gasteiger partial charge on any atom is 0.508 e. The highest BCUT2D eigenvalue weighted by Crippen LogP contribution is 2.29. The molecule has 4 heteroatoms. The van der Waals surface area contributed by atoms with Crippen LogP contribution in [0.25, 0.3) is 0 Å². The Kier molecular flexibility index (Phi) is 4.20. The second kappa shape index (κ2) is 5.20. The average molecular weight is 201 g/mol. The third-order valence-electron chi connectivity index (χ3n) is 2.28. The van der Waals surface area contributed by atoms with Crippen LogP contribution in [0.2, 0.25) is 0 Å². The first-order valence-corrected chi connectivity index (χ1v) is 5.13. The number of rotatable bonds is 4. The van der Waals surface area contributed by atoms with E-state index in [9.17, 15) is 4.79 Å². The van der Waals surface area contributed by atoms with Gasteiger partial charge in [0.2, 0.25) is 0 Å². The molecule has 0 spiro atoms. The van der Waals surface area contributed by atoms with Crippen molar-refractivity contribution in [3.8, 4) is 0 Å². The zero-order chi connectivity index (χ0) is 10.6. The Hall–Kier alpha value is -0.770. The number of ether oxygens (including phenoxy) is 2. The van der Waals surface area contributed by atoms with E-state index in [2.05, 4.69) is 5.32 Å². The van der Waals surface area contributed by atoms with Crippen LogP contribution in [-0.4, -0.2) is 32.0 Å². The zero-order valence-corrected chi connectivity index (χ0v) is 9.08. The van der Waals surface area contributed by atoms with Gasteiger partial charge in [-0.15, -0.1) is 0 Å². The van der Waals surface area contributed by atoms with Crippen molar-refractivity contribution in [3.63, 3.8) is 0 Å². The van der Waals surface area contributed by atoms with Gasteiger partial charge in [-0.1, -0.05) is 0 Å². The SMILES string of the molecule is CNCC1CC(OC(=O)OC(C)C)C1. The van der Waals surface area contributed by atoms with E-state index in [1.54, 1.807) is 0 Å². The highest BCUT2D eigenvalue weighted by molar-refractivity contribution is 5.60. The van der Waals surface area contributed by atoms with Crippen molar-refractivity contribution < 1.29 is 14.3 Å². The molecule has 1 fully saturated rings. The van der Waals surface area contributed by atoms with E-state index in [0.29, 0.717) is 5.92 Å². The largest absolute Gasteiger partial charge is 0.508 e. The van der Waals surface area contributed by atoms with Gasteiger partial charge in [0.1, 0.15) is 6.10 Å². The van der Waals surface area contributed by atoms with Crippen LogP contribution in [-0.2, 0) is 9.47 Å². The topological polar surface area (TPSA) is 47.6 Å². The highest BCUT2D eigenvalue weighted by atomic mass is 16.7. The van der Waals surface area contributed by atoms with Crippen LogP contribution >= 0.6 is 0 Å². The average Bonchev–Trinajstić information content (AvgIpc) is 1.99. The highest BCUT2D eigenvalue weighted by Gasteiger charge is 2.32. The lowest BCUT2D eigenvalue weighted by Gasteiger charge is -2.34. The standard InChI is InChI=1S/C10H19NO3/c1-7(2)13-10(12)14-9-4-8(5-9)6-11-3/h7-9,11H,4-6H2,1-3H3. The zero-order valence-electron chi connectivity index (χ0n) is 9.08. The molecule has 1 aliphatic rings. The molecule has 0 amide bonds. The first-order valence-electron chi connectivity index (χ1n) is 5.13. The monoisotopic (exact) mass is 201 g/mol. The van der Waals surface area contributed by atoms with E-state index in [-0.39, 0.29) is 12.2 Å². The van der Waals surface area contributed by atoms with Crippen molar-refractivity contribution in [1.29, 1.82) is 0 Å². The Morgan fingerprint density at radius 1 is 1.50 bits per heavy atom. The van der Waals surface area contributed by atoms with E-state index in [1.165, 1.54) is 0 Å². The molecule has 82 valence electrons. The normalized spacial score (nSPS) is 25.7. The summed E-state index contributed by atoms with van der Waals surface area (Å²) in [5, 5.41) is 3.10. The fraction of sp³-hybridized carbons (Fsp3) is 0.900. The van der Waals surface area contributed by atoms with Gasteiger partial charge >= 0.3 is 6.16 Å². The van der Waals surface area contributed by atoms with E-state index >= 15 is 0 Å². The number of hydrogen-bond acceptors (Lipinski definition) is 4. The van der Waals surface area contributed by atoms with Crippen molar-refractivity contribution in [2.45, 2.75) is 38.9 Å². The van der Waals surface area contributed by atoms with Gasteiger partial charge in [-0.25, -0.2) is 4.79 Å². The Balaban J connectivity index is 2.07. The lowest BCUT2D eigenvalue weighted by molar-refractivity contribution is -0.0347. The molecule has 1 saturated carbocycles. The molecule has 0 aromatic rings. The van der Waals surface area contributed by atoms with Crippen LogP contribution in [0.5, 0.6) is 0 Å². The van der Waals surface area contributed by atoms with Gasteiger partial charge in [0.05, 0.1) is 6.10 Å². The maximum atomic E-state index is 11.1. The lowest BCUT2D eigenvalue weighted by Crippen LogP contribution is -2.38. The Labute approximate surface area is 85.0 Å². The predicted molar refractivity (Wildman–Crippen MR) is 53.1 cm³/mol. The first-order chi connectivity index (χ1) is 6.61. The van der Waals surface area contributed by atoms with Gasteiger partial charge in [-0.2, -0.15) is 0 Å². The molecule has 0 aromatic heterocycles. The molecule has 0 radical (unpaired) electrons. The van der Waals surface area contributed by atoms with Gasteiger partial charge in [0.25, 0.3) is 0 Å². The second-order valence-electron chi connectivity index (χ2n) is 4.05. The summed E-state index contributed by atoms with van der Waals surface area (Å²) in [5.74, 6) is 0.650. The van der Waals surface area contributed by atoms with Gasteiger partial charge in [-0.05, 0) is 46.2 Å². The van der Waals surface area contributed by atoms with Crippen LogP contribution in [0, 0.1) is 5.92 Å². The summed E-state index contributed by atoms with van der Waals surface area (Å²) in [7, 11) is 1.93. The van der Waals surface area contributed by atoms with Crippen LogP contribution in [0.15, 0.2) is 0 Å². The molecule has 14 heavy (non-hydrogen) atoms. The summed E-state index contributed by atoms with van der Waals surface area (Å²) < 4.78 is 9.96. The quantitative estimate of drug-likeness (QED) is 0.701. The fourth-order valence-corrected chi connectivity index (χ4v) is 1.58. The molecular formula is C10H19NO3. The van der Waals surface area contributed by atoms with Crippen LogP contribution in [0.4, 0.5) is 4.79 Å². The summed E-state index contributed by atoms with van der Waals surface area (Å²) in [6.07, 6.45) is 1.34. The van der Waals surface area contributed by atoms with Gasteiger partial charge in [0, 0.05) is 0 Å². The van der Waals surface area contributed by atoms with Gasteiger partial charge in [-0.3, -0.25) is 0 Å². The minimum Gasteiger partial charge on any atom is -0.432 e. The molecule has 1 rings (SSSR count). The summed E-state index contributed by atoms with van der Waals surface area (Å²) in [6.45, 7) is 4.62. The molecule has 0 bridgehead atoms. The second-order valence-corrected chi connectivity index (χ2v) is 4.05. The molecule has 1 N–H and O–H groups in total. The summed E-state index contributed by atoms with van der Waals surface area (Å²) in [4.78, 5) is 11.1. The number of carbonyl (C=O) groups excluding carboxylic acids is 1. The molecule has 1 aliphatic carbocycles. The fourth-order valence-electron chi connectivity index (χ4n) is 1.58.